The first-order valence-corrected chi connectivity index (χ1v) is 7.27. The topological polar surface area (TPSA) is 49.3 Å². The molecule has 0 saturated carbocycles. The van der Waals surface area contributed by atoms with Crippen molar-refractivity contribution in [1.29, 1.82) is 0 Å². The lowest BCUT2D eigenvalue weighted by Gasteiger charge is -2.13. The molecular formula is C16H15Cl2NO2. The fourth-order valence-corrected chi connectivity index (χ4v) is 2.54. The number of carbonyl (C=O) groups is 1. The molecule has 21 heavy (non-hydrogen) atoms. The van der Waals surface area contributed by atoms with Crippen molar-refractivity contribution in [3.8, 4) is 0 Å². The number of carbonyl (C=O) groups excluding carboxylic acids is 1. The van der Waals surface area contributed by atoms with Crippen molar-refractivity contribution in [3.05, 3.63) is 69.7 Å². The number of rotatable bonds is 5. The van der Waals surface area contributed by atoms with E-state index in [1.165, 1.54) is 0 Å². The molecule has 5 heteroatoms. The summed E-state index contributed by atoms with van der Waals surface area (Å²) in [7, 11) is 0. The van der Waals surface area contributed by atoms with Crippen LogP contribution in [0.5, 0.6) is 0 Å². The van der Waals surface area contributed by atoms with Crippen molar-refractivity contribution in [2.75, 3.05) is 6.54 Å². The molecule has 2 aromatic carbocycles. The number of benzene rings is 2. The van der Waals surface area contributed by atoms with Gasteiger partial charge < -0.3 is 10.4 Å². The Bertz CT molecular complexity index is 597. The summed E-state index contributed by atoms with van der Waals surface area (Å²) < 4.78 is 0. The number of aliphatic hydroxyl groups excluding tert-OH is 1. The first-order valence-electron chi connectivity index (χ1n) is 6.52. The molecule has 2 rings (SSSR count). The minimum atomic E-state index is -0.669. The predicted molar refractivity (Wildman–Crippen MR) is 84.9 cm³/mol. The molecular weight excluding hydrogens is 309 g/mol. The molecule has 2 aromatic rings. The number of hydrogen-bond donors (Lipinski definition) is 2. The van der Waals surface area contributed by atoms with Gasteiger partial charge >= 0.3 is 0 Å². The summed E-state index contributed by atoms with van der Waals surface area (Å²) in [6.45, 7) is 0.134. The second-order valence-electron chi connectivity index (χ2n) is 4.65. The first-order chi connectivity index (χ1) is 10.1. The summed E-state index contributed by atoms with van der Waals surface area (Å²) in [4.78, 5) is 12.1. The molecule has 2 N–H and O–H groups in total. The minimum Gasteiger partial charge on any atom is -0.391 e. The van der Waals surface area contributed by atoms with E-state index in [2.05, 4.69) is 5.32 Å². The van der Waals surface area contributed by atoms with Crippen LogP contribution in [0.2, 0.25) is 10.0 Å². The Morgan fingerprint density at radius 2 is 1.67 bits per heavy atom. The van der Waals surface area contributed by atoms with E-state index in [0.717, 1.165) is 5.56 Å². The molecule has 0 unspecified atom stereocenters. The standard InChI is InChI=1S/C16H15Cl2NO2/c17-13-7-4-8-14(18)15(13)16(21)19-10-12(20)9-11-5-2-1-3-6-11/h1-8,12,20H,9-10H2,(H,19,21)/t12-/m0/s1. The van der Waals surface area contributed by atoms with Gasteiger partial charge in [0.2, 0.25) is 0 Å². The van der Waals surface area contributed by atoms with Gasteiger partial charge in [0.05, 0.1) is 21.7 Å². The molecule has 3 nitrogen and oxygen atoms in total. The van der Waals surface area contributed by atoms with Gasteiger partial charge in [0.1, 0.15) is 0 Å². The van der Waals surface area contributed by atoms with Gasteiger partial charge in [0.25, 0.3) is 5.91 Å². The van der Waals surface area contributed by atoms with Gasteiger partial charge in [-0.05, 0) is 17.7 Å². The first kappa shape index (κ1) is 15.8. The SMILES string of the molecule is O=C(NC[C@@H](O)Cc1ccccc1)c1c(Cl)cccc1Cl. The van der Waals surface area contributed by atoms with Crippen molar-refractivity contribution < 1.29 is 9.90 Å². The van der Waals surface area contributed by atoms with Crippen LogP contribution in [0, 0.1) is 0 Å². The number of amides is 1. The van der Waals surface area contributed by atoms with E-state index in [9.17, 15) is 9.90 Å². The maximum atomic E-state index is 12.1. The predicted octanol–water partition coefficient (Wildman–Crippen LogP) is 3.33. The third-order valence-corrected chi connectivity index (χ3v) is 3.63. The quantitative estimate of drug-likeness (QED) is 0.886. The fraction of sp³-hybridized carbons (Fsp3) is 0.188. The maximum Gasteiger partial charge on any atom is 0.254 e. The molecule has 0 aromatic heterocycles. The van der Waals surface area contributed by atoms with Crippen molar-refractivity contribution in [1.82, 2.24) is 5.32 Å². The van der Waals surface area contributed by atoms with Crippen LogP contribution in [0.3, 0.4) is 0 Å². The third kappa shape index (κ3) is 4.46. The minimum absolute atomic E-state index is 0.134. The van der Waals surface area contributed by atoms with Gasteiger partial charge in [-0.3, -0.25) is 4.79 Å². The molecule has 0 spiro atoms. The van der Waals surface area contributed by atoms with E-state index in [-0.39, 0.29) is 22.2 Å². The van der Waals surface area contributed by atoms with Gasteiger partial charge in [-0.25, -0.2) is 0 Å². The van der Waals surface area contributed by atoms with Crippen molar-refractivity contribution in [3.63, 3.8) is 0 Å². The number of aliphatic hydroxyl groups is 1. The van der Waals surface area contributed by atoms with Crippen molar-refractivity contribution in [2.24, 2.45) is 0 Å². The van der Waals surface area contributed by atoms with Gasteiger partial charge in [0.15, 0.2) is 0 Å². The van der Waals surface area contributed by atoms with Crippen LogP contribution in [0.15, 0.2) is 48.5 Å². The third-order valence-electron chi connectivity index (χ3n) is 3.00. The average Bonchev–Trinajstić information content (AvgIpc) is 2.46. The highest BCUT2D eigenvalue weighted by molar-refractivity contribution is 6.39. The Labute approximate surface area is 133 Å². The number of nitrogens with one attached hydrogen (secondary N) is 1. The smallest absolute Gasteiger partial charge is 0.254 e. The molecule has 0 aliphatic carbocycles. The Hall–Kier alpha value is -1.55. The van der Waals surface area contributed by atoms with Gasteiger partial charge in [-0.2, -0.15) is 0 Å². The summed E-state index contributed by atoms with van der Waals surface area (Å²) in [5.41, 5.74) is 1.24. The summed E-state index contributed by atoms with van der Waals surface area (Å²) in [6, 6.07) is 14.5. The second-order valence-corrected chi connectivity index (χ2v) is 5.46. The number of hydrogen-bond acceptors (Lipinski definition) is 2. The Kier molecular flexibility index (Phi) is 5.62. The Balaban J connectivity index is 1.92. The van der Waals surface area contributed by atoms with Crippen molar-refractivity contribution >= 4 is 29.1 Å². The normalized spacial score (nSPS) is 12.0. The molecule has 0 aliphatic heterocycles. The summed E-state index contributed by atoms with van der Waals surface area (Å²) in [6.07, 6.45) is -0.199. The highest BCUT2D eigenvalue weighted by Gasteiger charge is 2.15. The largest absolute Gasteiger partial charge is 0.391 e. The molecule has 0 aliphatic rings. The van der Waals surface area contributed by atoms with E-state index in [0.29, 0.717) is 6.42 Å². The summed E-state index contributed by atoms with van der Waals surface area (Å²) in [5, 5.41) is 13.2. The van der Waals surface area contributed by atoms with Crippen LogP contribution in [-0.4, -0.2) is 23.7 Å². The molecule has 0 fully saturated rings. The van der Waals surface area contributed by atoms with Crippen LogP contribution >= 0.6 is 23.2 Å². The molecule has 0 bridgehead atoms. The Morgan fingerprint density at radius 1 is 1.05 bits per heavy atom. The van der Waals surface area contributed by atoms with Crippen LogP contribution in [-0.2, 0) is 6.42 Å². The van der Waals surface area contributed by atoms with Crippen LogP contribution < -0.4 is 5.32 Å². The van der Waals surface area contributed by atoms with Gasteiger partial charge in [-0.15, -0.1) is 0 Å². The molecule has 0 saturated heterocycles. The van der Waals surface area contributed by atoms with Crippen LogP contribution in [0.25, 0.3) is 0 Å². The van der Waals surface area contributed by atoms with Crippen LogP contribution in [0.1, 0.15) is 15.9 Å². The average molecular weight is 324 g/mol. The monoisotopic (exact) mass is 323 g/mol. The lowest BCUT2D eigenvalue weighted by atomic mass is 10.1. The maximum absolute atomic E-state index is 12.1. The zero-order chi connectivity index (χ0) is 15.2. The van der Waals surface area contributed by atoms with E-state index in [1.807, 2.05) is 30.3 Å². The van der Waals surface area contributed by atoms with E-state index >= 15 is 0 Å². The van der Waals surface area contributed by atoms with Crippen LogP contribution in [0.4, 0.5) is 0 Å². The Morgan fingerprint density at radius 3 is 2.29 bits per heavy atom. The highest BCUT2D eigenvalue weighted by Crippen LogP contribution is 2.23. The van der Waals surface area contributed by atoms with Gasteiger partial charge in [-0.1, -0.05) is 59.6 Å². The van der Waals surface area contributed by atoms with Crippen molar-refractivity contribution in [2.45, 2.75) is 12.5 Å². The molecule has 110 valence electrons. The lowest BCUT2D eigenvalue weighted by molar-refractivity contribution is 0.0916. The highest BCUT2D eigenvalue weighted by atomic mass is 35.5. The zero-order valence-electron chi connectivity index (χ0n) is 11.2. The van der Waals surface area contributed by atoms with E-state index < -0.39 is 12.0 Å². The van der Waals surface area contributed by atoms with Gasteiger partial charge in [0, 0.05) is 13.0 Å². The molecule has 0 heterocycles. The second kappa shape index (κ2) is 7.46. The van der Waals surface area contributed by atoms with E-state index in [4.69, 9.17) is 23.2 Å². The number of halogens is 2. The summed E-state index contributed by atoms with van der Waals surface area (Å²) in [5.74, 6) is -0.391. The molecule has 0 radical (unpaired) electrons. The summed E-state index contributed by atoms with van der Waals surface area (Å²) >= 11 is 11.9. The fourth-order valence-electron chi connectivity index (χ4n) is 1.97. The molecule has 1 amide bonds. The van der Waals surface area contributed by atoms with E-state index in [1.54, 1.807) is 18.2 Å². The molecule has 1 atom stereocenters. The lowest BCUT2D eigenvalue weighted by Crippen LogP contribution is -2.33. The zero-order valence-corrected chi connectivity index (χ0v) is 12.7.